The zero-order chi connectivity index (χ0) is 13.1. The number of hydrogen-bond donors (Lipinski definition) is 1. The molecular formula is C13H15ClFNO2. The van der Waals surface area contributed by atoms with Crippen molar-refractivity contribution in [3.63, 3.8) is 0 Å². The number of hydrogen-bond acceptors (Lipinski definition) is 2. The van der Waals surface area contributed by atoms with E-state index in [9.17, 15) is 14.3 Å². The molecule has 1 unspecified atom stereocenters. The summed E-state index contributed by atoms with van der Waals surface area (Å²) in [7, 11) is 0. The Balaban J connectivity index is 2.21. The Bertz CT molecular complexity index is 453. The predicted molar refractivity (Wildman–Crippen MR) is 67.2 cm³/mol. The number of aliphatic hydroxyl groups is 1. The van der Waals surface area contributed by atoms with Gasteiger partial charge in [-0.1, -0.05) is 11.6 Å². The minimum atomic E-state index is -0.537. The van der Waals surface area contributed by atoms with Crippen molar-refractivity contribution in [3.05, 3.63) is 34.6 Å². The molecule has 0 bridgehead atoms. The van der Waals surface area contributed by atoms with Crippen LogP contribution in [0.5, 0.6) is 0 Å². The molecule has 0 saturated carbocycles. The molecule has 1 fully saturated rings. The smallest absolute Gasteiger partial charge is 0.254 e. The van der Waals surface area contributed by atoms with Crippen LogP contribution in [0.25, 0.3) is 0 Å². The third-order valence-corrected chi connectivity index (χ3v) is 3.55. The molecule has 0 aromatic heterocycles. The van der Waals surface area contributed by atoms with Crippen molar-refractivity contribution in [3.8, 4) is 0 Å². The van der Waals surface area contributed by atoms with Crippen molar-refractivity contribution in [2.45, 2.75) is 25.3 Å². The van der Waals surface area contributed by atoms with Gasteiger partial charge in [-0.25, -0.2) is 4.39 Å². The second kappa shape index (κ2) is 5.67. The molecule has 1 aromatic rings. The predicted octanol–water partition coefficient (Wildman–Crippen LogP) is 2.47. The molecule has 1 aliphatic rings. The molecule has 1 amide bonds. The molecule has 1 atom stereocenters. The summed E-state index contributed by atoms with van der Waals surface area (Å²) in [6.45, 7) is 0.583. The zero-order valence-electron chi connectivity index (χ0n) is 9.90. The maximum absolute atomic E-state index is 13.1. The lowest BCUT2D eigenvalue weighted by Crippen LogP contribution is -2.45. The summed E-state index contributed by atoms with van der Waals surface area (Å²) in [5, 5.41) is 9.22. The standard InChI is InChI=1S/C13H15ClFNO2/c14-11-7-9(4-5-12(11)15)13(18)16-6-2-1-3-10(16)8-17/h4-5,7,10,17H,1-3,6,8H2. The fraction of sp³-hybridized carbons (Fsp3) is 0.462. The lowest BCUT2D eigenvalue weighted by Gasteiger charge is -2.34. The first-order valence-electron chi connectivity index (χ1n) is 6.00. The van der Waals surface area contributed by atoms with Crippen molar-refractivity contribution in [2.75, 3.05) is 13.2 Å². The van der Waals surface area contributed by atoms with Crippen molar-refractivity contribution in [1.82, 2.24) is 4.90 Å². The van der Waals surface area contributed by atoms with Gasteiger partial charge in [-0.2, -0.15) is 0 Å². The van der Waals surface area contributed by atoms with Gasteiger partial charge in [0.05, 0.1) is 17.7 Å². The van der Waals surface area contributed by atoms with Gasteiger partial charge >= 0.3 is 0 Å². The van der Waals surface area contributed by atoms with E-state index < -0.39 is 5.82 Å². The number of halogens is 2. The minimum absolute atomic E-state index is 0.0410. The molecule has 1 N–H and O–H groups in total. The highest BCUT2D eigenvalue weighted by Crippen LogP contribution is 2.22. The minimum Gasteiger partial charge on any atom is -0.394 e. The van der Waals surface area contributed by atoms with Gasteiger partial charge in [-0.15, -0.1) is 0 Å². The molecule has 1 heterocycles. The molecule has 18 heavy (non-hydrogen) atoms. The highest BCUT2D eigenvalue weighted by molar-refractivity contribution is 6.31. The van der Waals surface area contributed by atoms with E-state index >= 15 is 0 Å². The summed E-state index contributed by atoms with van der Waals surface area (Å²) in [6.07, 6.45) is 2.74. The van der Waals surface area contributed by atoms with E-state index in [0.29, 0.717) is 12.1 Å². The number of piperidine rings is 1. The number of carbonyl (C=O) groups is 1. The van der Waals surface area contributed by atoms with Crippen LogP contribution in [0, 0.1) is 5.82 Å². The normalized spacial score (nSPS) is 19.9. The van der Waals surface area contributed by atoms with Crippen LogP contribution in [-0.4, -0.2) is 35.1 Å². The van der Waals surface area contributed by atoms with Crippen LogP contribution < -0.4 is 0 Å². The van der Waals surface area contributed by atoms with E-state index in [-0.39, 0.29) is 23.6 Å². The van der Waals surface area contributed by atoms with Crippen LogP contribution in [-0.2, 0) is 0 Å². The molecule has 1 saturated heterocycles. The van der Waals surface area contributed by atoms with Crippen LogP contribution >= 0.6 is 11.6 Å². The SMILES string of the molecule is O=C(c1ccc(F)c(Cl)c1)N1CCCCC1CO. The average molecular weight is 272 g/mol. The Morgan fingerprint density at radius 2 is 2.28 bits per heavy atom. The molecule has 1 aromatic carbocycles. The lowest BCUT2D eigenvalue weighted by atomic mass is 10.0. The first kappa shape index (κ1) is 13.3. The molecular weight excluding hydrogens is 257 g/mol. The Morgan fingerprint density at radius 1 is 1.50 bits per heavy atom. The van der Waals surface area contributed by atoms with Crippen LogP contribution in [0.4, 0.5) is 4.39 Å². The maximum Gasteiger partial charge on any atom is 0.254 e. The van der Waals surface area contributed by atoms with Crippen LogP contribution in [0.3, 0.4) is 0 Å². The number of carbonyl (C=O) groups excluding carboxylic acids is 1. The topological polar surface area (TPSA) is 40.5 Å². The van der Waals surface area contributed by atoms with Crippen LogP contribution in [0.1, 0.15) is 29.6 Å². The second-order valence-electron chi connectivity index (χ2n) is 4.46. The average Bonchev–Trinajstić information content (AvgIpc) is 2.41. The highest BCUT2D eigenvalue weighted by Gasteiger charge is 2.27. The monoisotopic (exact) mass is 271 g/mol. The Labute approximate surface area is 110 Å². The fourth-order valence-corrected chi connectivity index (χ4v) is 2.43. The molecule has 0 aliphatic carbocycles. The molecule has 98 valence electrons. The van der Waals surface area contributed by atoms with E-state index in [1.54, 1.807) is 4.90 Å². The quantitative estimate of drug-likeness (QED) is 0.898. The summed E-state index contributed by atoms with van der Waals surface area (Å²) in [5.74, 6) is -0.735. The summed E-state index contributed by atoms with van der Waals surface area (Å²) in [4.78, 5) is 13.9. The Morgan fingerprint density at radius 3 is 2.94 bits per heavy atom. The van der Waals surface area contributed by atoms with Gasteiger partial charge < -0.3 is 10.0 Å². The van der Waals surface area contributed by atoms with Crippen LogP contribution in [0.2, 0.25) is 5.02 Å². The summed E-state index contributed by atoms with van der Waals surface area (Å²) in [6, 6.07) is 3.80. The third kappa shape index (κ3) is 2.65. The summed E-state index contributed by atoms with van der Waals surface area (Å²) < 4.78 is 13.1. The summed E-state index contributed by atoms with van der Waals surface area (Å²) >= 11 is 5.67. The molecule has 2 rings (SSSR count). The number of nitrogens with zero attached hydrogens (tertiary/aromatic N) is 1. The fourth-order valence-electron chi connectivity index (χ4n) is 2.25. The van der Waals surface area contributed by atoms with Crippen LogP contribution in [0.15, 0.2) is 18.2 Å². The van der Waals surface area contributed by atoms with E-state index in [2.05, 4.69) is 0 Å². The highest BCUT2D eigenvalue weighted by atomic mass is 35.5. The van der Waals surface area contributed by atoms with Gasteiger partial charge in [0.1, 0.15) is 5.82 Å². The van der Waals surface area contributed by atoms with E-state index in [4.69, 9.17) is 11.6 Å². The number of amides is 1. The molecule has 0 spiro atoms. The maximum atomic E-state index is 13.1. The van der Waals surface area contributed by atoms with Gasteiger partial charge in [0.2, 0.25) is 0 Å². The van der Waals surface area contributed by atoms with E-state index in [1.165, 1.54) is 18.2 Å². The van der Waals surface area contributed by atoms with Gasteiger partial charge in [0.25, 0.3) is 5.91 Å². The zero-order valence-corrected chi connectivity index (χ0v) is 10.7. The number of likely N-dealkylation sites (tertiary alicyclic amines) is 1. The van der Waals surface area contributed by atoms with Gasteiger partial charge in [-0.3, -0.25) is 4.79 Å². The molecule has 3 nitrogen and oxygen atoms in total. The van der Waals surface area contributed by atoms with Crippen molar-refractivity contribution >= 4 is 17.5 Å². The first-order valence-corrected chi connectivity index (χ1v) is 6.38. The molecule has 1 aliphatic heterocycles. The number of rotatable bonds is 2. The molecule has 0 radical (unpaired) electrons. The second-order valence-corrected chi connectivity index (χ2v) is 4.87. The number of aliphatic hydroxyl groups excluding tert-OH is 1. The van der Waals surface area contributed by atoms with Gasteiger partial charge in [-0.05, 0) is 37.5 Å². The van der Waals surface area contributed by atoms with Gasteiger partial charge in [0, 0.05) is 12.1 Å². The third-order valence-electron chi connectivity index (χ3n) is 3.27. The van der Waals surface area contributed by atoms with Crippen molar-refractivity contribution in [2.24, 2.45) is 0 Å². The lowest BCUT2D eigenvalue weighted by molar-refractivity contribution is 0.0503. The largest absolute Gasteiger partial charge is 0.394 e. The Kier molecular flexibility index (Phi) is 4.19. The van der Waals surface area contributed by atoms with Gasteiger partial charge in [0.15, 0.2) is 0 Å². The van der Waals surface area contributed by atoms with E-state index in [1.807, 2.05) is 0 Å². The Hall–Kier alpha value is -1.13. The van der Waals surface area contributed by atoms with Crippen molar-refractivity contribution < 1.29 is 14.3 Å². The summed E-state index contributed by atoms with van der Waals surface area (Å²) in [5.41, 5.74) is 0.363. The van der Waals surface area contributed by atoms with Crippen molar-refractivity contribution in [1.29, 1.82) is 0 Å². The number of benzene rings is 1. The van der Waals surface area contributed by atoms with E-state index in [0.717, 1.165) is 19.3 Å². The first-order chi connectivity index (χ1) is 8.63. The molecule has 5 heteroatoms.